The molecule has 2 aromatic rings. The number of rotatable bonds is 7. The van der Waals surface area contributed by atoms with Crippen LogP contribution in [-0.4, -0.2) is 72.4 Å². The van der Waals surface area contributed by atoms with Crippen molar-refractivity contribution < 1.29 is 19.4 Å². The first-order valence-corrected chi connectivity index (χ1v) is 12.4. The average Bonchev–Trinajstić information content (AvgIpc) is 3.28. The minimum atomic E-state index is -0.672. The van der Waals surface area contributed by atoms with E-state index in [0.29, 0.717) is 36.9 Å². The molecule has 0 aromatic heterocycles. The van der Waals surface area contributed by atoms with Crippen molar-refractivity contribution in [1.82, 2.24) is 15.5 Å². The summed E-state index contributed by atoms with van der Waals surface area (Å²) in [5.74, 6) is -0.241. The van der Waals surface area contributed by atoms with Gasteiger partial charge in [-0.2, -0.15) is 0 Å². The number of piperidine rings is 1. The van der Waals surface area contributed by atoms with Crippen LogP contribution in [0.15, 0.2) is 48.5 Å². The number of hydrogen-bond acceptors (Lipinski definition) is 5. The quantitative estimate of drug-likeness (QED) is 0.584. The second-order valence-electron chi connectivity index (χ2n) is 9.71. The van der Waals surface area contributed by atoms with Gasteiger partial charge in [-0.25, -0.2) is 0 Å². The van der Waals surface area contributed by atoms with E-state index in [2.05, 4.69) is 34.9 Å². The van der Waals surface area contributed by atoms with Crippen LogP contribution in [0.25, 0.3) is 0 Å². The second kappa shape index (κ2) is 10.3. The number of benzene rings is 2. The monoisotopic (exact) mass is 463 g/mol. The number of hydrogen-bond donors (Lipinski definition) is 3. The highest BCUT2D eigenvalue weighted by atomic mass is 16.5. The van der Waals surface area contributed by atoms with Crippen molar-refractivity contribution in [2.75, 3.05) is 26.3 Å². The molecule has 2 aliphatic heterocycles. The summed E-state index contributed by atoms with van der Waals surface area (Å²) >= 11 is 0. The van der Waals surface area contributed by atoms with Gasteiger partial charge < -0.3 is 25.4 Å². The number of carbonyl (C=O) groups is 2. The number of nitrogens with zero attached hydrogens (tertiary/aromatic N) is 1. The maximum absolute atomic E-state index is 13.1. The van der Waals surface area contributed by atoms with Gasteiger partial charge in [0, 0.05) is 30.3 Å². The lowest BCUT2D eigenvalue weighted by molar-refractivity contribution is -0.0565. The van der Waals surface area contributed by atoms with Gasteiger partial charge in [0.2, 0.25) is 0 Å². The lowest BCUT2D eigenvalue weighted by Crippen LogP contribution is -2.57. The first-order valence-electron chi connectivity index (χ1n) is 12.4. The Morgan fingerprint density at radius 3 is 2.21 bits per heavy atom. The highest BCUT2D eigenvalue weighted by Gasteiger charge is 2.38. The fraction of sp³-hybridized carbons (Fsp3) is 0.481. The van der Waals surface area contributed by atoms with Crippen molar-refractivity contribution in [3.05, 3.63) is 70.8 Å². The number of nitrogens with one attached hydrogen (secondary N) is 2. The third kappa shape index (κ3) is 5.02. The molecule has 2 saturated heterocycles. The zero-order valence-electron chi connectivity index (χ0n) is 19.4. The van der Waals surface area contributed by atoms with Crippen molar-refractivity contribution in [1.29, 1.82) is 0 Å². The first-order chi connectivity index (χ1) is 16.6. The van der Waals surface area contributed by atoms with Gasteiger partial charge >= 0.3 is 0 Å². The summed E-state index contributed by atoms with van der Waals surface area (Å²) in [5.41, 5.74) is 3.80. The molecule has 2 heterocycles. The van der Waals surface area contributed by atoms with Crippen LogP contribution in [0, 0.1) is 0 Å². The molecule has 0 spiro atoms. The first kappa shape index (κ1) is 23.0. The summed E-state index contributed by atoms with van der Waals surface area (Å²) in [6, 6.07) is 15.8. The molecule has 180 valence electrons. The number of aliphatic hydroxyl groups is 1. The highest BCUT2D eigenvalue weighted by Crippen LogP contribution is 2.29. The summed E-state index contributed by atoms with van der Waals surface area (Å²) in [6.45, 7) is 1.80. The van der Waals surface area contributed by atoms with Crippen LogP contribution in [0.2, 0.25) is 0 Å². The predicted molar refractivity (Wildman–Crippen MR) is 129 cm³/mol. The molecule has 3 aliphatic rings. The van der Waals surface area contributed by atoms with E-state index in [9.17, 15) is 14.7 Å². The van der Waals surface area contributed by atoms with E-state index in [1.54, 1.807) is 24.3 Å². The molecule has 0 saturated carbocycles. The molecule has 2 fully saturated rings. The van der Waals surface area contributed by atoms with Crippen LogP contribution in [-0.2, 0) is 17.6 Å². The Labute approximate surface area is 200 Å². The van der Waals surface area contributed by atoms with Crippen molar-refractivity contribution >= 4 is 11.8 Å². The minimum absolute atomic E-state index is 0.0144. The molecule has 3 N–H and O–H groups in total. The van der Waals surface area contributed by atoms with Crippen molar-refractivity contribution in [2.45, 2.75) is 56.3 Å². The van der Waals surface area contributed by atoms with Crippen molar-refractivity contribution in [3.63, 3.8) is 0 Å². The summed E-state index contributed by atoms with van der Waals surface area (Å²) in [6.07, 6.45) is 4.35. The number of morpholine rings is 1. The van der Waals surface area contributed by atoms with Crippen LogP contribution in [0.5, 0.6) is 0 Å². The third-order valence-corrected chi connectivity index (χ3v) is 7.30. The molecule has 7 heteroatoms. The summed E-state index contributed by atoms with van der Waals surface area (Å²) in [4.78, 5) is 27.6. The lowest BCUT2D eigenvalue weighted by Gasteiger charge is -2.45. The highest BCUT2D eigenvalue weighted by molar-refractivity contribution is 5.98. The molecule has 1 aliphatic carbocycles. The largest absolute Gasteiger partial charge is 0.390 e. The zero-order valence-corrected chi connectivity index (χ0v) is 19.4. The van der Waals surface area contributed by atoms with Crippen LogP contribution in [0.4, 0.5) is 0 Å². The molecule has 5 rings (SSSR count). The van der Waals surface area contributed by atoms with E-state index >= 15 is 0 Å². The van der Waals surface area contributed by atoms with Crippen LogP contribution in [0.3, 0.4) is 0 Å². The maximum Gasteiger partial charge on any atom is 0.254 e. The van der Waals surface area contributed by atoms with Crippen LogP contribution < -0.4 is 10.6 Å². The molecule has 2 amide bonds. The van der Waals surface area contributed by atoms with Gasteiger partial charge in [0.05, 0.1) is 31.4 Å². The van der Waals surface area contributed by atoms with E-state index in [1.807, 2.05) is 4.90 Å². The summed E-state index contributed by atoms with van der Waals surface area (Å²) < 4.78 is 5.64. The molecule has 34 heavy (non-hydrogen) atoms. The van der Waals surface area contributed by atoms with E-state index in [0.717, 1.165) is 32.1 Å². The molecular formula is C27H33N3O4. The SMILES string of the molecule is O=C(NC[C@@H](O)CNC1Cc2ccccc2C1)c1ccc(C(=O)N2C3CCCC2COC3)cc1. The van der Waals surface area contributed by atoms with Gasteiger partial charge in [0.15, 0.2) is 0 Å². The average molecular weight is 464 g/mol. The predicted octanol–water partition coefficient (Wildman–Crippen LogP) is 1.93. The van der Waals surface area contributed by atoms with Crippen LogP contribution in [0.1, 0.15) is 51.1 Å². The van der Waals surface area contributed by atoms with E-state index < -0.39 is 6.10 Å². The third-order valence-electron chi connectivity index (χ3n) is 7.30. The number of carbonyl (C=O) groups excluding carboxylic acids is 2. The zero-order chi connectivity index (χ0) is 23.5. The minimum Gasteiger partial charge on any atom is -0.390 e. The van der Waals surface area contributed by atoms with Gasteiger partial charge in [-0.05, 0) is 67.5 Å². The second-order valence-corrected chi connectivity index (χ2v) is 9.71. The van der Waals surface area contributed by atoms with Gasteiger partial charge in [0.1, 0.15) is 0 Å². The molecular weight excluding hydrogens is 430 g/mol. The number of amides is 2. The number of aliphatic hydroxyl groups excluding tert-OH is 1. The number of ether oxygens (including phenoxy) is 1. The Morgan fingerprint density at radius 1 is 0.941 bits per heavy atom. The Bertz CT molecular complexity index is 978. The van der Waals surface area contributed by atoms with Crippen molar-refractivity contribution in [2.24, 2.45) is 0 Å². The topological polar surface area (TPSA) is 90.9 Å². The summed E-state index contributed by atoms with van der Waals surface area (Å²) in [5, 5.41) is 16.5. The Balaban J connectivity index is 1.08. The lowest BCUT2D eigenvalue weighted by atomic mass is 9.93. The molecule has 2 bridgehead atoms. The fourth-order valence-electron chi connectivity index (χ4n) is 5.47. The fourth-order valence-corrected chi connectivity index (χ4v) is 5.47. The molecule has 2 aromatic carbocycles. The Kier molecular flexibility index (Phi) is 6.94. The number of fused-ring (bicyclic) bond motifs is 3. The van der Waals surface area contributed by atoms with Gasteiger partial charge in [-0.15, -0.1) is 0 Å². The molecule has 7 nitrogen and oxygen atoms in total. The van der Waals surface area contributed by atoms with Gasteiger partial charge in [-0.1, -0.05) is 24.3 Å². The molecule has 2 unspecified atom stereocenters. The normalized spacial score (nSPS) is 22.8. The molecule has 3 atom stereocenters. The summed E-state index contributed by atoms with van der Waals surface area (Å²) in [7, 11) is 0. The molecule has 0 radical (unpaired) electrons. The maximum atomic E-state index is 13.1. The van der Waals surface area contributed by atoms with Gasteiger partial charge in [0.25, 0.3) is 11.8 Å². The Morgan fingerprint density at radius 2 is 1.56 bits per heavy atom. The van der Waals surface area contributed by atoms with E-state index in [4.69, 9.17) is 4.74 Å². The van der Waals surface area contributed by atoms with Gasteiger partial charge in [-0.3, -0.25) is 9.59 Å². The Hall–Kier alpha value is -2.74. The smallest absolute Gasteiger partial charge is 0.254 e. The van der Waals surface area contributed by atoms with Crippen molar-refractivity contribution in [3.8, 4) is 0 Å². The van der Waals surface area contributed by atoms with E-state index in [-0.39, 0.29) is 30.4 Å². The standard InChI is InChI=1S/C27H33N3O4/c31-25(14-28-22-12-20-4-1-2-5-21(20)13-22)15-29-26(32)18-8-10-19(11-9-18)27(33)30-23-6-3-7-24(30)17-34-16-23/h1-2,4-5,8-11,22-25,28,31H,3,6-7,12-17H2,(H,29,32)/t23?,24?,25-/m0/s1. The van der Waals surface area contributed by atoms with E-state index in [1.165, 1.54) is 11.1 Å². The van der Waals surface area contributed by atoms with Crippen LogP contribution >= 0.6 is 0 Å².